The summed E-state index contributed by atoms with van der Waals surface area (Å²) in [5.74, 6) is 0.364. The van der Waals surface area contributed by atoms with Crippen LogP contribution < -0.4 is 5.32 Å². The van der Waals surface area contributed by atoms with Gasteiger partial charge in [-0.05, 0) is 44.1 Å². The van der Waals surface area contributed by atoms with Crippen molar-refractivity contribution in [2.45, 2.75) is 52.1 Å². The minimum atomic E-state index is -0.806. The van der Waals surface area contributed by atoms with E-state index < -0.39 is 5.54 Å². The number of carbonyl (C=O) groups is 2. The highest BCUT2D eigenvalue weighted by Gasteiger charge is 2.44. The van der Waals surface area contributed by atoms with Crippen molar-refractivity contribution in [2.75, 3.05) is 6.54 Å². The van der Waals surface area contributed by atoms with Gasteiger partial charge in [-0.2, -0.15) is 0 Å². The van der Waals surface area contributed by atoms with Crippen molar-refractivity contribution in [3.05, 3.63) is 22.4 Å². The molecular formula is C16H24N2O2S. The highest BCUT2D eigenvalue weighted by molar-refractivity contribution is 7.09. The van der Waals surface area contributed by atoms with Gasteiger partial charge >= 0.3 is 0 Å². The Balaban J connectivity index is 2.16. The zero-order chi connectivity index (χ0) is 15.6. The number of thiophene rings is 1. The zero-order valence-electron chi connectivity index (χ0n) is 13.2. The Bertz CT molecular complexity index is 508. The van der Waals surface area contributed by atoms with Crippen LogP contribution in [-0.4, -0.2) is 34.8 Å². The minimum absolute atomic E-state index is 0.0179. The molecule has 0 aromatic carbocycles. The molecule has 2 amide bonds. The van der Waals surface area contributed by atoms with Crippen molar-refractivity contribution in [1.29, 1.82) is 0 Å². The van der Waals surface area contributed by atoms with Gasteiger partial charge in [-0.3, -0.25) is 9.59 Å². The van der Waals surface area contributed by atoms with Gasteiger partial charge in [-0.15, -0.1) is 11.3 Å². The number of hydrogen-bond acceptors (Lipinski definition) is 3. The fraction of sp³-hybridized carbons (Fsp3) is 0.625. The number of nitrogens with zero attached hydrogens (tertiary/aromatic N) is 1. The van der Waals surface area contributed by atoms with Gasteiger partial charge in [0.1, 0.15) is 11.6 Å². The molecule has 1 aliphatic rings. The third-order valence-corrected chi connectivity index (χ3v) is 4.72. The van der Waals surface area contributed by atoms with Crippen LogP contribution in [0.25, 0.3) is 0 Å². The molecule has 2 heterocycles. The molecule has 1 N–H and O–H groups in total. The molecule has 1 atom stereocenters. The Hall–Kier alpha value is -1.36. The van der Waals surface area contributed by atoms with E-state index in [0.29, 0.717) is 18.9 Å². The topological polar surface area (TPSA) is 49.4 Å². The van der Waals surface area contributed by atoms with Crippen molar-refractivity contribution in [1.82, 2.24) is 10.2 Å². The summed E-state index contributed by atoms with van der Waals surface area (Å²) in [6.07, 6.45) is 1.51. The molecule has 1 aliphatic heterocycles. The van der Waals surface area contributed by atoms with Crippen LogP contribution in [0, 0.1) is 5.92 Å². The van der Waals surface area contributed by atoms with E-state index in [4.69, 9.17) is 0 Å². The Morgan fingerprint density at radius 2 is 2.10 bits per heavy atom. The van der Waals surface area contributed by atoms with E-state index in [1.54, 1.807) is 30.1 Å². The molecule has 0 radical (unpaired) electrons. The van der Waals surface area contributed by atoms with Crippen LogP contribution in [0.4, 0.5) is 0 Å². The summed E-state index contributed by atoms with van der Waals surface area (Å²) in [7, 11) is 0. The molecule has 2 rings (SSSR count). The van der Waals surface area contributed by atoms with Crippen LogP contribution in [0.5, 0.6) is 0 Å². The van der Waals surface area contributed by atoms with Crippen molar-refractivity contribution >= 4 is 23.2 Å². The van der Waals surface area contributed by atoms with E-state index in [1.807, 2.05) is 11.4 Å². The largest absolute Gasteiger partial charge is 0.340 e. The van der Waals surface area contributed by atoms with Crippen molar-refractivity contribution in [3.8, 4) is 0 Å². The van der Waals surface area contributed by atoms with E-state index in [1.165, 1.54) is 4.88 Å². The van der Waals surface area contributed by atoms with Crippen LogP contribution in [0.1, 0.15) is 39.0 Å². The molecule has 0 saturated carbocycles. The molecule has 1 aromatic heterocycles. The highest BCUT2D eigenvalue weighted by atomic mass is 32.1. The lowest BCUT2D eigenvalue weighted by molar-refractivity contribution is -0.154. The van der Waals surface area contributed by atoms with Crippen molar-refractivity contribution < 1.29 is 9.59 Å². The Morgan fingerprint density at radius 1 is 1.38 bits per heavy atom. The fourth-order valence-corrected chi connectivity index (χ4v) is 3.41. The second-order valence-electron chi connectivity index (χ2n) is 6.59. The van der Waals surface area contributed by atoms with Gasteiger partial charge in [0.05, 0.1) is 0 Å². The number of nitrogens with one attached hydrogen (secondary N) is 1. The summed E-state index contributed by atoms with van der Waals surface area (Å²) in [6.45, 7) is 8.31. The third kappa shape index (κ3) is 3.64. The standard InChI is InChI=1S/C16H24N2O2S/c1-11(2)10-13-14(19)17-16(3,4)15(20)18(13)8-7-12-6-5-9-21-12/h5-6,9,11,13H,7-8,10H2,1-4H3,(H,17,19). The average molecular weight is 308 g/mol. The molecular weight excluding hydrogens is 284 g/mol. The molecule has 1 fully saturated rings. The fourth-order valence-electron chi connectivity index (χ4n) is 2.71. The molecule has 5 heteroatoms. The molecule has 0 spiro atoms. The van der Waals surface area contributed by atoms with Crippen LogP contribution in [0.3, 0.4) is 0 Å². The summed E-state index contributed by atoms with van der Waals surface area (Å²) >= 11 is 1.69. The molecule has 0 bridgehead atoms. The van der Waals surface area contributed by atoms with Crippen molar-refractivity contribution in [3.63, 3.8) is 0 Å². The zero-order valence-corrected chi connectivity index (χ0v) is 14.0. The highest BCUT2D eigenvalue weighted by Crippen LogP contribution is 2.23. The van der Waals surface area contributed by atoms with Gasteiger partial charge in [0.15, 0.2) is 0 Å². The van der Waals surface area contributed by atoms with Gasteiger partial charge in [0.25, 0.3) is 0 Å². The van der Waals surface area contributed by atoms with E-state index in [-0.39, 0.29) is 17.9 Å². The van der Waals surface area contributed by atoms with Gasteiger partial charge in [-0.1, -0.05) is 19.9 Å². The second-order valence-corrected chi connectivity index (χ2v) is 7.62. The summed E-state index contributed by atoms with van der Waals surface area (Å²) in [5.41, 5.74) is -0.806. The van der Waals surface area contributed by atoms with E-state index in [2.05, 4.69) is 25.2 Å². The Kier molecular flexibility index (Phi) is 4.71. The number of piperazine rings is 1. The van der Waals surface area contributed by atoms with Gasteiger partial charge in [0.2, 0.25) is 11.8 Å². The van der Waals surface area contributed by atoms with Gasteiger partial charge < -0.3 is 10.2 Å². The molecule has 4 nitrogen and oxygen atoms in total. The quantitative estimate of drug-likeness (QED) is 0.908. The van der Waals surface area contributed by atoms with Gasteiger partial charge in [0, 0.05) is 11.4 Å². The maximum Gasteiger partial charge on any atom is 0.248 e. The average Bonchev–Trinajstić information content (AvgIpc) is 2.88. The summed E-state index contributed by atoms with van der Waals surface area (Å²) in [4.78, 5) is 28.0. The maximum absolute atomic E-state index is 12.7. The molecule has 1 saturated heterocycles. The number of amides is 2. The molecule has 1 aromatic rings. The minimum Gasteiger partial charge on any atom is -0.340 e. The number of rotatable bonds is 5. The van der Waals surface area contributed by atoms with Crippen LogP contribution in [-0.2, 0) is 16.0 Å². The third-order valence-electron chi connectivity index (χ3n) is 3.78. The monoisotopic (exact) mass is 308 g/mol. The first-order chi connectivity index (χ1) is 9.81. The predicted octanol–water partition coefficient (Wildman–Crippen LogP) is 2.44. The van der Waals surface area contributed by atoms with Crippen LogP contribution in [0.15, 0.2) is 17.5 Å². The molecule has 116 valence electrons. The summed E-state index contributed by atoms with van der Waals surface area (Å²) < 4.78 is 0. The SMILES string of the molecule is CC(C)CC1C(=O)NC(C)(C)C(=O)N1CCc1cccs1. The number of hydrogen-bond donors (Lipinski definition) is 1. The first kappa shape index (κ1) is 16.0. The smallest absolute Gasteiger partial charge is 0.248 e. The van der Waals surface area contributed by atoms with E-state index >= 15 is 0 Å². The molecule has 1 unspecified atom stereocenters. The van der Waals surface area contributed by atoms with E-state index in [9.17, 15) is 9.59 Å². The summed E-state index contributed by atoms with van der Waals surface area (Å²) in [6, 6.07) is 3.74. The van der Waals surface area contributed by atoms with Crippen molar-refractivity contribution in [2.24, 2.45) is 5.92 Å². The molecule has 21 heavy (non-hydrogen) atoms. The number of carbonyl (C=O) groups excluding carboxylic acids is 2. The molecule has 0 aliphatic carbocycles. The Morgan fingerprint density at radius 3 is 2.67 bits per heavy atom. The lowest BCUT2D eigenvalue weighted by Crippen LogP contribution is -2.68. The predicted molar refractivity (Wildman–Crippen MR) is 85.2 cm³/mol. The normalized spacial score (nSPS) is 21.8. The maximum atomic E-state index is 12.7. The summed E-state index contributed by atoms with van der Waals surface area (Å²) in [5, 5.41) is 4.89. The van der Waals surface area contributed by atoms with Crippen LogP contribution >= 0.6 is 11.3 Å². The lowest BCUT2D eigenvalue weighted by atomic mass is 9.92. The Labute approximate surface area is 130 Å². The van der Waals surface area contributed by atoms with E-state index in [0.717, 1.165) is 6.42 Å². The first-order valence-corrected chi connectivity index (χ1v) is 8.34. The van der Waals surface area contributed by atoms with Gasteiger partial charge in [-0.25, -0.2) is 0 Å². The lowest BCUT2D eigenvalue weighted by Gasteiger charge is -2.43. The first-order valence-electron chi connectivity index (χ1n) is 7.46. The second kappa shape index (κ2) is 6.18. The van der Waals surface area contributed by atoms with Crippen LogP contribution in [0.2, 0.25) is 0 Å².